The minimum Gasteiger partial charge on any atom is -0.399 e. The highest BCUT2D eigenvalue weighted by Gasteiger charge is 2.53. The molecule has 0 atom stereocenters. The molecule has 0 aromatic heterocycles. The summed E-state index contributed by atoms with van der Waals surface area (Å²) in [7, 11) is -0.728. The average Bonchev–Trinajstić information content (AvgIpc) is 3.39. The Morgan fingerprint density at radius 3 is 1.24 bits per heavy atom. The van der Waals surface area contributed by atoms with Crippen molar-refractivity contribution in [3.8, 4) is 11.1 Å². The molecule has 2 aromatic carbocycles. The van der Waals surface area contributed by atoms with Crippen LogP contribution in [0.5, 0.6) is 0 Å². The van der Waals surface area contributed by atoms with Crippen molar-refractivity contribution >= 4 is 25.2 Å². The van der Waals surface area contributed by atoms with Crippen molar-refractivity contribution in [3.63, 3.8) is 0 Å². The fraction of sp³-hybridized carbons (Fsp3) is 0.667. The predicted octanol–water partition coefficient (Wildman–Crippen LogP) is 8.10. The van der Waals surface area contributed by atoms with Crippen LogP contribution in [0.15, 0.2) is 36.4 Å². The van der Waals surface area contributed by atoms with Crippen LogP contribution in [0.4, 0.5) is 0 Å². The Bertz CT molecular complexity index is 1160. The molecule has 42 heavy (non-hydrogen) atoms. The predicted molar refractivity (Wildman–Crippen MR) is 177 cm³/mol. The first-order chi connectivity index (χ1) is 19.6. The van der Waals surface area contributed by atoms with Crippen LogP contribution in [0.1, 0.15) is 138 Å². The summed E-state index contributed by atoms with van der Waals surface area (Å²) in [6.07, 6.45) is 11.7. The van der Waals surface area contributed by atoms with Crippen molar-refractivity contribution in [2.24, 2.45) is 0 Å². The van der Waals surface area contributed by atoms with Crippen LogP contribution in [0.25, 0.3) is 11.1 Å². The van der Waals surface area contributed by atoms with Gasteiger partial charge in [-0.1, -0.05) is 102 Å². The van der Waals surface area contributed by atoms with Gasteiger partial charge < -0.3 is 18.6 Å². The van der Waals surface area contributed by atoms with E-state index in [1.54, 1.807) is 0 Å². The van der Waals surface area contributed by atoms with Gasteiger partial charge in [0.2, 0.25) is 0 Å². The van der Waals surface area contributed by atoms with Crippen LogP contribution in [-0.2, 0) is 24.0 Å². The maximum absolute atomic E-state index is 6.48. The number of benzene rings is 2. The largest absolute Gasteiger partial charge is 0.494 e. The van der Waals surface area contributed by atoms with E-state index in [1.807, 2.05) is 0 Å². The molecular formula is C36H54B2O4. The lowest BCUT2D eigenvalue weighted by Gasteiger charge is -2.32. The lowest BCUT2D eigenvalue weighted by molar-refractivity contribution is 0.00578. The smallest absolute Gasteiger partial charge is 0.399 e. The van der Waals surface area contributed by atoms with Gasteiger partial charge in [-0.25, -0.2) is 0 Å². The van der Waals surface area contributed by atoms with Gasteiger partial charge in [-0.3, -0.25) is 0 Å². The molecule has 2 fully saturated rings. The zero-order chi connectivity index (χ0) is 30.6. The molecule has 4 nitrogen and oxygen atoms in total. The van der Waals surface area contributed by atoms with Gasteiger partial charge in [0, 0.05) is 5.41 Å². The molecule has 2 aliphatic heterocycles. The summed E-state index contributed by atoms with van der Waals surface area (Å²) < 4.78 is 25.9. The molecule has 0 amide bonds. The van der Waals surface area contributed by atoms with Crippen molar-refractivity contribution < 1.29 is 18.6 Å². The Kier molecular flexibility index (Phi) is 8.64. The van der Waals surface area contributed by atoms with Crippen molar-refractivity contribution in [2.75, 3.05) is 0 Å². The first kappa shape index (κ1) is 31.8. The molecule has 0 saturated carbocycles. The summed E-state index contributed by atoms with van der Waals surface area (Å²) in [5.41, 5.74) is 6.08. The van der Waals surface area contributed by atoms with E-state index in [1.165, 1.54) is 73.6 Å². The summed E-state index contributed by atoms with van der Waals surface area (Å²) in [5.74, 6) is 0. The topological polar surface area (TPSA) is 36.9 Å². The van der Waals surface area contributed by atoms with Gasteiger partial charge in [-0.2, -0.15) is 0 Å². The quantitative estimate of drug-likeness (QED) is 0.202. The molecule has 2 aromatic rings. The molecule has 2 heterocycles. The second kappa shape index (κ2) is 11.4. The van der Waals surface area contributed by atoms with Gasteiger partial charge in [0.25, 0.3) is 0 Å². The van der Waals surface area contributed by atoms with Crippen molar-refractivity contribution in [2.45, 2.75) is 155 Å². The molecule has 228 valence electrons. The van der Waals surface area contributed by atoms with Gasteiger partial charge in [0.15, 0.2) is 0 Å². The van der Waals surface area contributed by atoms with E-state index < -0.39 is 0 Å². The van der Waals surface area contributed by atoms with E-state index in [0.29, 0.717) is 0 Å². The first-order valence-electron chi connectivity index (χ1n) is 16.6. The molecule has 0 radical (unpaired) electrons. The lowest BCUT2D eigenvalue weighted by Crippen LogP contribution is -2.41. The minimum atomic E-state index is -0.364. The molecular weight excluding hydrogens is 518 g/mol. The molecule has 0 bridgehead atoms. The van der Waals surface area contributed by atoms with E-state index >= 15 is 0 Å². The maximum Gasteiger partial charge on any atom is 0.494 e. The summed E-state index contributed by atoms with van der Waals surface area (Å²) in [6.45, 7) is 21.7. The Labute approximate surface area is 256 Å². The van der Waals surface area contributed by atoms with Crippen molar-refractivity contribution in [1.29, 1.82) is 0 Å². The molecule has 1 aliphatic carbocycles. The van der Waals surface area contributed by atoms with E-state index in [2.05, 4.69) is 106 Å². The van der Waals surface area contributed by atoms with E-state index in [9.17, 15) is 0 Å². The third-order valence-corrected chi connectivity index (χ3v) is 11.1. The number of hydrogen-bond donors (Lipinski definition) is 0. The standard InChI is InChI=1S/C36H54B2O4/c1-11-12-13-14-15-16-17-18-23-36(10)30-24-26(37-39-32(2,3)33(4,5)40-37)19-21-28(30)29-22-20-27(25-31(29)36)38-41-34(6,7)35(8,9)42-38/h19-22,24-25H,11-18,23H2,1-10H3. The Balaban J connectivity index is 1.44. The van der Waals surface area contributed by atoms with E-state index in [0.717, 1.165) is 17.3 Å². The Hall–Kier alpha value is -1.59. The Morgan fingerprint density at radius 1 is 0.500 bits per heavy atom. The molecule has 0 spiro atoms. The van der Waals surface area contributed by atoms with Crippen LogP contribution in [-0.4, -0.2) is 36.6 Å². The SMILES string of the molecule is CCCCCCCCCCC1(C)c2cc(B3OC(C)(C)C(C)(C)O3)ccc2-c2ccc(B3OC(C)(C)C(C)(C)O3)cc21. The highest BCUT2D eigenvalue weighted by molar-refractivity contribution is 6.62. The zero-order valence-electron chi connectivity index (χ0n) is 28.1. The molecule has 0 unspecified atom stereocenters. The maximum atomic E-state index is 6.48. The van der Waals surface area contributed by atoms with Crippen LogP contribution >= 0.6 is 0 Å². The highest BCUT2D eigenvalue weighted by Crippen LogP contribution is 2.51. The fourth-order valence-electron chi connectivity index (χ4n) is 6.78. The zero-order valence-corrected chi connectivity index (χ0v) is 28.1. The van der Waals surface area contributed by atoms with Crippen molar-refractivity contribution in [1.82, 2.24) is 0 Å². The first-order valence-corrected chi connectivity index (χ1v) is 16.6. The van der Waals surface area contributed by atoms with Gasteiger partial charge in [0.05, 0.1) is 22.4 Å². The number of fused-ring (bicyclic) bond motifs is 3. The van der Waals surface area contributed by atoms with Crippen LogP contribution < -0.4 is 10.9 Å². The molecule has 2 saturated heterocycles. The van der Waals surface area contributed by atoms with Gasteiger partial charge in [0.1, 0.15) is 0 Å². The fourth-order valence-corrected chi connectivity index (χ4v) is 6.78. The second-order valence-corrected chi connectivity index (χ2v) is 15.3. The van der Waals surface area contributed by atoms with Gasteiger partial charge >= 0.3 is 14.2 Å². The van der Waals surface area contributed by atoms with Gasteiger partial charge in [-0.05, 0) is 95.0 Å². The van der Waals surface area contributed by atoms with Crippen molar-refractivity contribution in [3.05, 3.63) is 47.5 Å². The molecule has 0 N–H and O–H groups in total. The van der Waals surface area contributed by atoms with Crippen LogP contribution in [0.2, 0.25) is 0 Å². The number of hydrogen-bond acceptors (Lipinski definition) is 4. The second-order valence-electron chi connectivity index (χ2n) is 15.3. The monoisotopic (exact) mass is 572 g/mol. The third-order valence-electron chi connectivity index (χ3n) is 11.1. The van der Waals surface area contributed by atoms with Crippen LogP contribution in [0, 0.1) is 0 Å². The number of rotatable bonds is 11. The Morgan fingerprint density at radius 2 is 0.857 bits per heavy atom. The summed E-state index contributed by atoms with van der Waals surface area (Å²) in [4.78, 5) is 0. The highest BCUT2D eigenvalue weighted by atomic mass is 16.7. The molecule has 3 aliphatic rings. The van der Waals surface area contributed by atoms with E-state index in [-0.39, 0.29) is 42.1 Å². The normalized spacial score (nSPS) is 22.4. The third kappa shape index (κ3) is 5.67. The molecule has 5 rings (SSSR count). The minimum absolute atomic E-state index is 0.105. The van der Waals surface area contributed by atoms with Crippen LogP contribution in [0.3, 0.4) is 0 Å². The number of unbranched alkanes of at least 4 members (excludes halogenated alkanes) is 7. The van der Waals surface area contributed by atoms with E-state index in [4.69, 9.17) is 18.6 Å². The average molecular weight is 572 g/mol. The summed E-state index contributed by atoms with van der Waals surface area (Å²) in [6, 6.07) is 13.7. The summed E-state index contributed by atoms with van der Waals surface area (Å²) in [5, 5.41) is 0. The summed E-state index contributed by atoms with van der Waals surface area (Å²) >= 11 is 0. The molecule has 6 heteroatoms. The lowest BCUT2D eigenvalue weighted by atomic mass is 9.70. The van der Waals surface area contributed by atoms with Gasteiger partial charge in [-0.15, -0.1) is 0 Å².